The lowest BCUT2D eigenvalue weighted by atomic mass is 10.2. The second kappa shape index (κ2) is 11.4. The maximum absolute atomic E-state index is 12.6. The SMILES string of the molecule is CCCCOC(=O)C(CCC)SCCCCC(C)(F)F. The van der Waals surface area contributed by atoms with Crippen molar-refractivity contribution in [2.24, 2.45) is 0 Å². The molecule has 0 amide bonds. The lowest BCUT2D eigenvalue weighted by Gasteiger charge is -2.15. The zero-order chi connectivity index (χ0) is 15.4. The first-order valence-corrected chi connectivity index (χ1v) is 8.61. The monoisotopic (exact) mass is 310 g/mol. The minimum Gasteiger partial charge on any atom is -0.465 e. The minimum absolute atomic E-state index is 0.0764. The van der Waals surface area contributed by atoms with Gasteiger partial charge in [-0.3, -0.25) is 4.79 Å². The van der Waals surface area contributed by atoms with E-state index in [0.29, 0.717) is 13.0 Å². The van der Waals surface area contributed by atoms with Crippen LogP contribution in [0.4, 0.5) is 8.78 Å². The van der Waals surface area contributed by atoms with Crippen molar-refractivity contribution in [2.45, 2.75) is 76.9 Å². The van der Waals surface area contributed by atoms with E-state index in [1.165, 1.54) is 0 Å². The molecule has 0 heterocycles. The molecule has 5 heteroatoms. The van der Waals surface area contributed by atoms with Crippen molar-refractivity contribution >= 4 is 17.7 Å². The number of carbonyl (C=O) groups excluding carboxylic acids is 1. The summed E-state index contributed by atoms with van der Waals surface area (Å²) in [5.74, 6) is -1.98. The molecule has 20 heavy (non-hydrogen) atoms. The number of halogens is 2. The summed E-state index contributed by atoms with van der Waals surface area (Å²) in [5.41, 5.74) is 0. The van der Waals surface area contributed by atoms with Crippen LogP contribution in [0.1, 0.15) is 65.7 Å². The maximum Gasteiger partial charge on any atom is 0.319 e. The number of thioether (sulfide) groups is 1. The van der Waals surface area contributed by atoms with Crippen LogP contribution in [0.15, 0.2) is 0 Å². The van der Waals surface area contributed by atoms with E-state index in [9.17, 15) is 13.6 Å². The van der Waals surface area contributed by atoms with Crippen LogP contribution < -0.4 is 0 Å². The Kier molecular flexibility index (Phi) is 11.2. The van der Waals surface area contributed by atoms with Crippen LogP contribution in [0.2, 0.25) is 0 Å². The summed E-state index contributed by atoms with van der Waals surface area (Å²) in [7, 11) is 0. The van der Waals surface area contributed by atoms with E-state index in [-0.39, 0.29) is 17.6 Å². The minimum atomic E-state index is -2.58. The molecular formula is C15H28F2O2S. The molecule has 0 aromatic heterocycles. The van der Waals surface area contributed by atoms with Gasteiger partial charge in [-0.2, -0.15) is 0 Å². The Morgan fingerprint density at radius 2 is 1.90 bits per heavy atom. The number of ether oxygens (including phenoxy) is 1. The summed E-state index contributed by atoms with van der Waals surface area (Å²) in [6, 6.07) is 0. The van der Waals surface area contributed by atoms with Gasteiger partial charge in [0, 0.05) is 6.42 Å². The molecular weight excluding hydrogens is 282 g/mol. The molecule has 0 rings (SSSR count). The Hall–Kier alpha value is -0.320. The Labute approximate surface area is 126 Å². The zero-order valence-corrected chi connectivity index (χ0v) is 13.7. The molecule has 0 fully saturated rings. The summed E-state index contributed by atoms with van der Waals surface area (Å²) in [5, 5.41) is -0.140. The third-order valence-electron chi connectivity index (χ3n) is 2.89. The van der Waals surface area contributed by atoms with E-state index in [1.54, 1.807) is 11.8 Å². The number of alkyl halides is 2. The number of unbranched alkanes of at least 4 members (excludes halogenated alkanes) is 2. The molecule has 0 spiro atoms. The van der Waals surface area contributed by atoms with Crippen molar-refractivity contribution in [1.82, 2.24) is 0 Å². The van der Waals surface area contributed by atoms with Gasteiger partial charge in [-0.25, -0.2) is 8.78 Å². The van der Waals surface area contributed by atoms with Crippen LogP contribution in [-0.2, 0) is 9.53 Å². The lowest BCUT2D eigenvalue weighted by Crippen LogP contribution is -2.21. The standard InChI is InChI=1S/C15H28F2O2S/c1-4-6-11-19-14(18)13(9-5-2)20-12-8-7-10-15(3,16)17/h13H,4-12H2,1-3H3. The van der Waals surface area contributed by atoms with Crippen LogP contribution in [0, 0.1) is 0 Å². The molecule has 0 radical (unpaired) electrons. The fourth-order valence-electron chi connectivity index (χ4n) is 1.70. The summed E-state index contributed by atoms with van der Waals surface area (Å²) in [4.78, 5) is 11.9. The van der Waals surface area contributed by atoms with Crippen LogP contribution in [0.3, 0.4) is 0 Å². The molecule has 0 saturated heterocycles. The van der Waals surface area contributed by atoms with Crippen molar-refractivity contribution in [3.63, 3.8) is 0 Å². The van der Waals surface area contributed by atoms with Gasteiger partial charge in [0.15, 0.2) is 0 Å². The fourth-order valence-corrected chi connectivity index (χ4v) is 2.97. The quantitative estimate of drug-likeness (QED) is 0.372. The van der Waals surface area contributed by atoms with Gasteiger partial charge in [-0.05, 0) is 38.4 Å². The van der Waals surface area contributed by atoms with E-state index in [2.05, 4.69) is 6.92 Å². The fraction of sp³-hybridized carbons (Fsp3) is 0.933. The van der Waals surface area contributed by atoms with Gasteiger partial charge >= 0.3 is 5.97 Å². The largest absolute Gasteiger partial charge is 0.465 e. The molecule has 1 atom stereocenters. The Morgan fingerprint density at radius 3 is 2.45 bits per heavy atom. The number of hydrogen-bond acceptors (Lipinski definition) is 3. The van der Waals surface area contributed by atoms with Crippen LogP contribution in [0.25, 0.3) is 0 Å². The van der Waals surface area contributed by atoms with Gasteiger partial charge < -0.3 is 4.74 Å². The summed E-state index contributed by atoms with van der Waals surface area (Å²) in [6.07, 6.45) is 4.75. The highest BCUT2D eigenvalue weighted by molar-refractivity contribution is 8.00. The molecule has 0 aromatic rings. The number of hydrogen-bond donors (Lipinski definition) is 0. The molecule has 0 aliphatic rings. The van der Waals surface area contributed by atoms with E-state index in [1.807, 2.05) is 6.92 Å². The topological polar surface area (TPSA) is 26.3 Å². The predicted molar refractivity (Wildman–Crippen MR) is 81.5 cm³/mol. The summed E-state index contributed by atoms with van der Waals surface area (Å²) < 4.78 is 30.5. The first kappa shape index (κ1) is 19.7. The number of rotatable bonds is 12. The molecule has 1 unspecified atom stereocenters. The van der Waals surface area contributed by atoms with Crippen molar-refractivity contribution < 1.29 is 18.3 Å². The van der Waals surface area contributed by atoms with Gasteiger partial charge in [-0.15, -0.1) is 11.8 Å². The second-order valence-electron chi connectivity index (χ2n) is 5.20. The van der Waals surface area contributed by atoms with E-state index in [0.717, 1.165) is 44.8 Å². The maximum atomic E-state index is 12.6. The Bertz CT molecular complexity index is 255. The summed E-state index contributed by atoms with van der Waals surface area (Å²) in [6.45, 7) is 5.52. The van der Waals surface area contributed by atoms with Crippen LogP contribution >= 0.6 is 11.8 Å². The molecule has 0 aliphatic heterocycles. The van der Waals surface area contributed by atoms with Crippen molar-refractivity contribution in [1.29, 1.82) is 0 Å². The third kappa shape index (κ3) is 11.5. The highest BCUT2D eigenvalue weighted by Crippen LogP contribution is 2.23. The molecule has 2 nitrogen and oxygen atoms in total. The lowest BCUT2D eigenvalue weighted by molar-refractivity contribution is -0.143. The highest BCUT2D eigenvalue weighted by atomic mass is 32.2. The molecule has 0 aromatic carbocycles. The molecule has 120 valence electrons. The molecule has 0 N–H and O–H groups in total. The van der Waals surface area contributed by atoms with Crippen LogP contribution in [-0.4, -0.2) is 29.5 Å². The van der Waals surface area contributed by atoms with Gasteiger partial charge in [0.05, 0.1) is 6.61 Å². The normalized spacial score (nSPS) is 13.2. The van der Waals surface area contributed by atoms with Gasteiger partial charge in [0.25, 0.3) is 0 Å². The van der Waals surface area contributed by atoms with E-state index in [4.69, 9.17) is 4.74 Å². The Balaban J connectivity index is 3.86. The van der Waals surface area contributed by atoms with Crippen molar-refractivity contribution in [3.8, 4) is 0 Å². The molecule has 0 saturated carbocycles. The molecule has 0 bridgehead atoms. The highest BCUT2D eigenvalue weighted by Gasteiger charge is 2.21. The second-order valence-corrected chi connectivity index (χ2v) is 6.51. The average molecular weight is 310 g/mol. The third-order valence-corrected chi connectivity index (χ3v) is 4.24. The molecule has 0 aliphatic carbocycles. The van der Waals surface area contributed by atoms with E-state index < -0.39 is 5.92 Å². The van der Waals surface area contributed by atoms with Crippen molar-refractivity contribution in [3.05, 3.63) is 0 Å². The first-order chi connectivity index (χ1) is 9.40. The van der Waals surface area contributed by atoms with Crippen molar-refractivity contribution in [2.75, 3.05) is 12.4 Å². The van der Waals surface area contributed by atoms with E-state index >= 15 is 0 Å². The van der Waals surface area contributed by atoms with Gasteiger partial charge in [0.2, 0.25) is 5.92 Å². The Morgan fingerprint density at radius 1 is 1.20 bits per heavy atom. The summed E-state index contributed by atoms with van der Waals surface area (Å²) >= 11 is 1.54. The number of carbonyl (C=O) groups is 1. The van der Waals surface area contributed by atoms with Gasteiger partial charge in [0.1, 0.15) is 5.25 Å². The van der Waals surface area contributed by atoms with Gasteiger partial charge in [-0.1, -0.05) is 26.7 Å². The zero-order valence-electron chi connectivity index (χ0n) is 12.9. The average Bonchev–Trinajstić information content (AvgIpc) is 2.36. The number of esters is 1. The first-order valence-electron chi connectivity index (χ1n) is 7.56. The smallest absolute Gasteiger partial charge is 0.319 e. The predicted octanol–water partition coefficient (Wildman–Crippen LogP) is 5.06. The van der Waals surface area contributed by atoms with Crippen LogP contribution in [0.5, 0.6) is 0 Å².